The molecule has 2 fully saturated rings. The SMILES string of the molecule is COCC1C(C(=O)N2CCN(C)CC2)CCCN1Cc1ccccc1. The fourth-order valence-corrected chi connectivity index (χ4v) is 4.08. The number of benzene rings is 1. The maximum Gasteiger partial charge on any atom is 0.227 e. The van der Waals surface area contributed by atoms with Crippen molar-refractivity contribution in [3.05, 3.63) is 35.9 Å². The molecule has 0 saturated carbocycles. The van der Waals surface area contributed by atoms with Crippen LogP contribution in [0.1, 0.15) is 18.4 Å². The van der Waals surface area contributed by atoms with Crippen LogP contribution in [0.15, 0.2) is 30.3 Å². The third-order valence-electron chi connectivity index (χ3n) is 5.59. The van der Waals surface area contributed by atoms with Gasteiger partial charge in [-0.05, 0) is 32.0 Å². The lowest BCUT2D eigenvalue weighted by atomic mass is 9.87. The molecule has 2 aliphatic heterocycles. The molecule has 1 amide bonds. The molecule has 1 aromatic carbocycles. The van der Waals surface area contributed by atoms with Crippen molar-refractivity contribution < 1.29 is 9.53 Å². The van der Waals surface area contributed by atoms with Crippen molar-refractivity contribution in [3.63, 3.8) is 0 Å². The number of carbonyl (C=O) groups is 1. The highest BCUT2D eigenvalue weighted by atomic mass is 16.5. The number of amides is 1. The second-order valence-electron chi connectivity index (χ2n) is 7.36. The lowest BCUT2D eigenvalue weighted by Gasteiger charge is -2.43. The highest BCUT2D eigenvalue weighted by molar-refractivity contribution is 5.80. The molecular weight excluding hydrogens is 314 g/mol. The number of ether oxygens (including phenoxy) is 1. The normalized spacial score (nSPS) is 25.9. The molecule has 3 rings (SSSR count). The zero-order chi connectivity index (χ0) is 17.6. The van der Waals surface area contributed by atoms with Crippen molar-refractivity contribution in [1.82, 2.24) is 14.7 Å². The van der Waals surface area contributed by atoms with Gasteiger partial charge in [-0.25, -0.2) is 0 Å². The van der Waals surface area contributed by atoms with E-state index in [0.717, 1.165) is 52.1 Å². The molecule has 0 aliphatic carbocycles. The minimum atomic E-state index is 0.0563. The van der Waals surface area contributed by atoms with Crippen molar-refractivity contribution in [2.24, 2.45) is 5.92 Å². The van der Waals surface area contributed by atoms with E-state index in [1.807, 2.05) is 6.07 Å². The van der Waals surface area contributed by atoms with Gasteiger partial charge in [0.2, 0.25) is 5.91 Å². The number of hydrogen-bond acceptors (Lipinski definition) is 4. The van der Waals surface area contributed by atoms with Gasteiger partial charge in [0, 0.05) is 45.9 Å². The molecule has 2 heterocycles. The van der Waals surface area contributed by atoms with Gasteiger partial charge in [-0.3, -0.25) is 9.69 Å². The summed E-state index contributed by atoms with van der Waals surface area (Å²) < 4.78 is 5.51. The second kappa shape index (κ2) is 8.79. The Morgan fingerprint density at radius 2 is 1.84 bits per heavy atom. The van der Waals surface area contributed by atoms with Gasteiger partial charge >= 0.3 is 0 Å². The fourth-order valence-electron chi connectivity index (χ4n) is 4.08. The molecule has 2 saturated heterocycles. The van der Waals surface area contributed by atoms with E-state index >= 15 is 0 Å². The van der Waals surface area contributed by atoms with E-state index in [4.69, 9.17) is 4.74 Å². The maximum absolute atomic E-state index is 13.2. The minimum absolute atomic E-state index is 0.0563. The summed E-state index contributed by atoms with van der Waals surface area (Å²) in [6, 6.07) is 10.7. The van der Waals surface area contributed by atoms with Crippen LogP contribution < -0.4 is 0 Å². The van der Waals surface area contributed by atoms with Crippen molar-refractivity contribution >= 4 is 5.91 Å². The number of piperazine rings is 1. The molecule has 0 N–H and O–H groups in total. The van der Waals surface area contributed by atoms with Crippen LogP contribution in [0.3, 0.4) is 0 Å². The van der Waals surface area contributed by atoms with E-state index < -0.39 is 0 Å². The monoisotopic (exact) mass is 345 g/mol. The predicted octanol–water partition coefficient (Wildman–Crippen LogP) is 1.69. The van der Waals surface area contributed by atoms with Gasteiger partial charge < -0.3 is 14.5 Å². The van der Waals surface area contributed by atoms with Crippen LogP contribution in [-0.4, -0.2) is 80.1 Å². The maximum atomic E-state index is 13.2. The summed E-state index contributed by atoms with van der Waals surface area (Å²) >= 11 is 0. The molecule has 138 valence electrons. The fraction of sp³-hybridized carbons (Fsp3) is 0.650. The summed E-state index contributed by atoms with van der Waals surface area (Å²) in [7, 11) is 3.87. The highest BCUT2D eigenvalue weighted by Gasteiger charge is 2.38. The molecule has 2 aliphatic rings. The lowest BCUT2D eigenvalue weighted by Crippen LogP contribution is -2.56. The highest BCUT2D eigenvalue weighted by Crippen LogP contribution is 2.28. The first-order valence-electron chi connectivity index (χ1n) is 9.43. The van der Waals surface area contributed by atoms with Gasteiger partial charge in [-0.2, -0.15) is 0 Å². The number of likely N-dealkylation sites (tertiary alicyclic amines) is 1. The summed E-state index contributed by atoms with van der Waals surface area (Å²) in [5, 5.41) is 0. The predicted molar refractivity (Wildman–Crippen MR) is 99.3 cm³/mol. The van der Waals surface area contributed by atoms with E-state index in [9.17, 15) is 4.79 Å². The Hall–Kier alpha value is -1.43. The van der Waals surface area contributed by atoms with Crippen LogP contribution >= 0.6 is 0 Å². The van der Waals surface area contributed by atoms with Crippen molar-refractivity contribution in [2.75, 3.05) is 53.5 Å². The molecule has 2 unspecified atom stereocenters. The van der Waals surface area contributed by atoms with Crippen molar-refractivity contribution in [2.45, 2.75) is 25.4 Å². The largest absolute Gasteiger partial charge is 0.383 e. The van der Waals surface area contributed by atoms with E-state index in [2.05, 4.69) is 46.0 Å². The van der Waals surface area contributed by atoms with Crippen LogP contribution in [0.25, 0.3) is 0 Å². The number of carbonyl (C=O) groups excluding carboxylic acids is 1. The van der Waals surface area contributed by atoms with E-state index in [0.29, 0.717) is 12.5 Å². The summed E-state index contributed by atoms with van der Waals surface area (Å²) in [6.07, 6.45) is 2.06. The van der Waals surface area contributed by atoms with Gasteiger partial charge in [-0.1, -0.05) is 30.3 Å². The molecule has 2 atom stereocenters. The minimum Gasteiger partial charge on any atom is -0.383 e. The average molecular weight is 345 g/mol. The smallest absolute Gasteiger partial charge is 0.227 e. The Morgan fingerprint density at radius 1 is 1.12 bits per heavy atom. The summed E-state index contributed by atoms with van der Waals surface area (Å²) in [5.41, 5.74) is 1.30. The number of methoxy groups -OCH3 is 1. The van der Waals surface area contributed by atoms with Gasteiger partial charge in [0.15, 0.2) is 0 Å². The van der Waals surface area contributed by atoms with E-state index in [1.54, 1.807) is 7.11 Å². The lowest BCUT2D eigenvalue weighted by molar-refractivity contribution is -0.142. The zero-order valence-electron chi connectivity index (χ0n) is 15.6. The van der Waals surface area contributed by atoms with E-state index in [1.165, 1.54) is 5.56 Å². The van der Waals surface area contributed by atoms with Gasteiger partial charge in [0.05, 0.1) is 12.5 Å². The Bertz CT molecular complexity index is 543. The van der Waals surface area contributed by atoms with Crippen LogP contribution in [0, 0.1) is 5.92 Å². The van der Waals surface area contributed by atoms with Crippen LogP contribution in [-0.2, 0) is 16.1 Å². The van der Waals surface area contributed by atoms with Crippen molar-refractivity contribution in [1.29, 1.82) is 0 Å². The van der Waals surface area contributed by atoms with Crippen molar-refractivity contribution in [3.8, 4) is 0 Å². The third kappa shape index (κ3) is 4.60. The number of hydrogen-bond donors (Lipinski definition) is 0. The molecule has 0 aromatic heterocycles. The average Bonchev–Trinajstić information content (AvgIpc) is 2.64. The van der Waals surface area contributed by atoms with Gasteiger partial charge in [0.25, 0.3) is 0 Å². The summed E-state index contributed by atoms with van der Waals surface area (Å²) in [5.74, 6) is 0.383. The molecule has 0 radical (unpaired) electrons. The van der Waals surface area contributed by atoms with E-state index in [-0.39, 0.29) is 12.0 Å². The van der Waals surface area contributed by atoms with Crippen LogP contribution in [0.4, 0.5) is 0 Å². The quantitative estimate of drug-likeness (QED) is 0.814. The zero-order valence-corrected chi connectivity index (χ0v) is 15.6. The Morgan fingerprint density at radius 3 is 2.52 bits per heavy atom. The second-order valence-corrected chi connectivity index (χ2v) is 7.36. The first-order chi connectivity index (χ1) is 12.2. The van der Waals surface area contributed by atoms with Gasteiger partial charge in [-0.15, -0.1) is 0 Å². The first kappa shape index (κ1) is 18.4. The van der Waals surface area contributed by atoms with Crippen LogP contribution in [0.5, 0.6) is 0 Å². The Labute approximate surface area is 151 Å². The molecule has 5 nitrogen and oxygen atoms in total. The Balaban J connectivity index is 1.70. The molecule has 1 aromatic rings. The summed E-state index contributed by atoms with van der Waals surface area (Å²) in [4.78, 5) is 20.0. The first-order valence-corrected chi connectivity index (χ1v) is 9.43. The molecule has 0 spiro atoms. The number of piperidine rings is 1. The molecule has 25 heavy (non-hydrogen) atoms. The standard InChI is InChI=1S/C20H31N3O2/c1-21-11-13-22(14-12-21)20(24)18-9-6-10-23(19(18)16-25-2)15-17-7-4-3-5-8-17/h3-5,7-8,18-19H,6,9-16H2,1-2H3. The number of nitrogens with zero attached hydrogens (tertiary/aromatic N) is 3. The van der Waals surface area contributed by atoms with Gasteiger partial charge in [0.1, 0.15) is 0 Å². The topological polar surface area (TPSA) is 36.0 Å². The van der Waals surface area contributed by atoms with Crippen LogP contribution in [0.2, 0.25) is 0 Å². The molecule has 0 bridgehead atoms. The Kier molecular flexibility index (Phi) is 6.45. The molecule has 5 heteroatoms. The number of rotatable bonds is 5. The third-order valence-corrected chi connectivity index (χ3v) is 5.59. The summed E-state index contributed by atoms with van der Waals surface area (Å²) in [6.45, 7) is 6.20. The molecular formula is C20H31N3O2. The number of likely N-dealkylation sites (N-methyl/N-ethyl adjacent to an activating group) is 1.